The average molecular weight is 257 g/mol. The number of piperazine rings is 1. The first kappa shape index (κ1) is 14.1. The molecule has 1 saturated heterocycles. The number of nitrogens with zero attached hydrogens (tertiary/aromatic N) is 2. The van der Waals surface area contributed by atoms with Gasteiger partial charge in [0.15, 0.2) is 0 Å². The molecule has 1 atom stereocenters. The predicted octanol–water partition coefficient (Wildman–Crippen LogP) is 1.13. The third kappa shape index (κ3) is 4.07. The molecule has 19 heavy (non-hydrogen) atoms. The molecule has 1 aromatic rings. The van der Waals surface area contributed by atoms with Crippen LogP contribution in [0.3, 0.4) is 0 Å². The van der Waals surface area contributed by atoms with Gasteiger partial charge in [0.1, 0.15) is 0 Å². The molecule has 2 rings (SSSR count). The molecule has 0 amide bonds. The van der Waals surface area contributed by atoms with Crippen LogP contribution in [0.25, 0.3) is 0 Å². The fourth-order valence-electron chi connectivity index (χ4n) is 2.55. The maximum Gasteiger partial charge on any atom is 0.0555 e. The fourth-order valence-corrected chi connectivity index (χ4v) is 2.55. The summed E-state index contributed by atoms with van der Waals surface area (Å²) in [5.41, 5.74) is 7.80. The van der Waals surface area contributed by atoms with Crippen LogP contribution in [0.1, 0.15) is 18.1 Å². The quantitative estimate of drug-likeness (QED) is 0.806. The van der Waals surface area contributed by atoms with E-state index < -0.39 is 0 Å². The Bertz CT molecular complexity index is 472. The van der Waals surface area contributed by atoms with Gasteiger partial charge in [0.05, 0.1) is 6.54 Å². The normalized spacial score (nSPS) is 20.9. The van der Waals surface area contributed by atoms with Gasteiger partial charge in [-0.3, -0.25) is 4.90 Å². The highest BCUT2D eigenvalue weighted by atomic mass is 15.3. The Labute approximate surface area is 116 Å². The molecule has 0 saturated carbocycles. The lowest BCUT2D eigenvalue weighted by Gasteiger charge is -2.38. The Kier molecular flexibility index (Phi) is 4.98. The van der Waals surface area contributed by atoms with Gasteiger partial charge in [-0.25, -0.2) is 0 Å². The van der Waals surface area contributed by atoms with E-state index in [1.165, 1.54) is 5.56 Å². The van der Waals surface area contributed by atoms with Crippen LogP contribution in [-0.4, -0.2) is 49.1 Å². The Morgan fingerprint density at radius 2 is 2.21 bits per heavy atom. The second-order valence-corrected chi connectivity index (χ2v) is 5.29. The molecule has 102 valence electrons. The first-order valence-corrected chi connectivity index (χ1v) is 6.89. The Hall–Kier alpha value is -1.34. The summed E-state index contributed by atoms with van der Waals surface area (Å²) in [6.07, 6.45) is 0. The molecule has 0 aromatic heterocycles. The molecule has 1 heterocycles. The van der Waals surface area contributed by atoms with E-state index in [2.05, 4.69) is 53.8 Å². The molecule has 2 N–H and O–H groups in total. The van der Waals surface area contributed by atoms with Crippen molar-refractivity contribution in [3.63, 3.8) is 0 Å². The van der Waals surface area contributed by atoms with Gasteiger partial charge in [-0.1, -0.05) is 24.0 Å². The Morgan fingerprint density at radius 1 is 1.37 bits per heavy atom. The van der Waals surface area contributed by atoms with Crippen LogP contribution in [0.4, 0.5) is 0 Å². The zero-order valence-electron chi connectivity index (χ0n) is 11.9. The number of likely N-dealkylation sites (N-methyl/N-ethyl adjacent to an activating group) is 1. The molecule has 1 unspecified atom stereocenters. The van der Waals surface area contributed by atoms with E-state index in [1.807, 2.05) is 6.07 Å². The molecule has 0 bridgehead atoms. The zero-order chi connectivity index (χ0) is 13.7. The number of hydrogen-bond acceptors (Lipinski definition) is 3. The predicted molar refractivity (Wildman–Crippen MR) is 79.7 cm³/mol. The van der Waals surface area contributed by atoms with Crippen LogP contribution in [0.2, 0.25) is 0 Å². The minimum atomic E-state index is 0.416. The van der Waals surface area contributed by atoms with Crippen LogP contribution in [0, 0.1) is 11.8 Å². The molecule has 3 heteroatoms. The third-order valence-electron chi connectivity index (χ3n) is 3.62. The molecular weight excluding hydrogens is 234 g/mol. The maximum atomic E-state index is 5.41. The van der Waals surface area contributed by atoms with Crippen LogP contribution < -0.4 is 5.73 Å². The van der Waals surface area contributed by atoms with E-state index >= 15 is 0 Å². The number of rotatable bonds is 2. The molecule has 1 aliphatic rings. The lowest BCUT2D eigenvalue weighted by Crippen LogP contribution is -2.49. The SMILES string of the molecule is CC1CN(C)CCN1Cc1cccc(C#CCN)c1. The Morgan fingerprint density at radius 3 is 2.95 bits per heavy atom. The second-order valence-electron chi connectivity index (χ2n) is 5.29. The highest BCUT2D eigenvalue weighted by Gasteiger charge is 2.21. The monoisotopic (exact) mass is 257 g/mol. The van der Waals surface area contributed by atoms with Gasteiger partial charge in [-0.05, 0) is 31.7 Å². The van der Waals surface area contributed by atoms with Gasteiger partial charge in [0.25, 0.3) is 0 Å². The van der Waals surface area contributed by atoms with Crippen molar-refractivity contribution in [1.29, 1.82) is 0 Å². The maximum absolute atomic E-state index is 5.41. The molecule has 3 nitrogen and oxygen atoms in total. The lowest BCUT2D eigenvalue weighted by atomic mass is 10.1. The molecule has 0 spiro atoms. The average Bonchev–Trinajstić information content (AvgIpc) is 2.40. The first-order chi connectivity index (χ1) is 9.19. The molecule has 1 aromatic carbocycles. The van der Waals surface area contributed by atoms with Crippen molar-refractivity contribution in [2.45, 2.75) is 19.5 Å². The lowest BCUT2D eigenvalue weighted by molar-refractivity contribution is 0.0938. The van der Waals surface area contributed by atoms with Crippen molar-refractivity contribution in [2.24, 2.45) is 5.73 Å². The summed E-state index contributed by atoms with van der Waals surface area (Å²) >= 11 is 0. The van der Waals surface area contributed by atoms with Crippen molar-refractivity contribution in [3.05, 3.63) is 35.4 Å². The summed E-state index contributed by atoms with van der Waals surface area (Å²) in [5, 5.41) is 0. The van der Waals surface area contributed by atoms with E-state index in [1.54, 1.807) is 0 Å². The summed E-state index contributed by atoms with van der Waals surface area (Å²) in [4.78, 5) is 4.93. The van der Waals surface area contributed by atoms with Gasteiger partial charge < -0.3 is 10.6 Å². The van der Waals surface area contributed by atoms with Crippen molar-refractivity contribution < 1.29 is 0 Å². The van der Waals surface area contributed by atoms with Crippen molar-refractivity contribution >= 4 is 0 Å². The van der Waals surface area contributed by atoms with Crippen LogP contribution in [0.5, 0.6) is 0 Å². The van der Waals surface area contributed by atoms with Gasteiger partial charge in [-0.15, -0.1) is 0 Å². The number of benzene rings is 1. The topological polar surface area (TPSA) is 32.5 Å². The van der Waals surface area contributed by atoms with E-state index in [0.29, 0.717) is 12.6 Å². The summed E-state index contributed by atoms with van der Waals surface area (Å²) in [6.45, 7) is 7.15. The Balaban J connectivity index is 2.02. The minimum absolute atomic E-state index is 0.416. The van der Waals surface area contributed by atoms with Crippen molar-refractivity contribution in [3.8, 4) is 11.8 Å². The van der Waals surface area contributed by atoms with E-state index in [9.17, 15) is 0 Å². The van der Waals surface area contributed by atoms with Crippen LogP contribution in [-0.2, 0) is 6.54 Å². The molecule has 1 fully saturated rings. The number of nitrogens with two attached hydrogens (primary N) is 1. The summed E-state index contributed by atoms with van der Waals surface area (Å²) in [5.74, 6) is 6.01. The first-order valence-electron chi connectivity index (χ1n) is 6.89. The van der Waals surface area contributed by atoms with E-state index in [4.69, 9.17) is 5.73 Å². The minimum Gasteiger partial charge on any atom is -0.320 e. The summed E-state index contributed by atoms with van der Waals surface area (Å²) in [6, 6.07) is 9.08. The number of hydrogen-bond donors (Lipinski definition) is 1. The van der Waals surface area contributed by atoms with Gasteiger partial charge in [0.2, 0.25) is 0 Å². The van der Waals surface area contributed by atoms with Gasteiger partial charge in [0, 0.05) is 37.8 Å². The van der Waals surface area contributed by atoms with Gasteiger partial charge in [-0.2, -0.15) is 0 Å². The van der Waals surface area contributed by atoms with Crippen molar-refractivity contribution in [2.75, 3.05) is 33.2 Å². The highest BCUT2D eigenvalue weighted by Crippen LogP contribution is 2.13. The standard InChI is InChI=1S/C16H23N3/c1-14-12-18(2)9-10-19(14)13-16-6-3-5-15(11-16)7-4-8-17/h3,5-6,11,14H,8-10,12-13,17H2,1-2H3. The van der Waals surface area contributed by atoms with Crippen LogP contribution >= 0.6 is 0 Å². The smallest absolute Gasteiger partial charge is 0.0555 e. The molecule has 0 aliphatic carbocycles. The molecule has 1 aliphatic heterocycles. The van der Waals surface area contributed by atoms with E-state index in [0.717, 1.165) is 31.7 Å². The van der Waals surface area contributed by atoms with Crippen molar-refractivity contribution in [1.82, 2.24) is 9.80 Å². The summed E-state index contributed by atoms with van der Waals surface area (Å²) < 4.78 is 0. The molecular formula is C16H23N3. The fraction of sp³-hybridized carbons (Fsp3) is 0.500. The van der Waals surface area contributed by atoms with Crippen LogP contribution in [0.15, 0.2) is 24.3 Å². The third-order valence-corrected chi connectivity index (χ3v) is 3.62. The highest BCUT2D eigenvalue weighted by molar-refractivity contribution is 5.37. The largest absolute Gasteiger partial charge is 0.320 e. The summed E-state index contributed by atoms with van der Waals surface area (Å²) in [7, 11) is 2.19. The zero-order valence-corrected chi connectivity index (χ0v) is 11.9. The van der Waals surface area contributed by atoms with Gasteiger partial charge >= 0.3 is 0 Å². The molecule has 0 radical (unpaired) electrons. The second kappa shape index (κ2) is 6.72. The van der Waals surface area contributed by atoms with E-state index in [-0.39, 0.29) is 0 Å².